The number of ether oxygens (including phenoxy) is 3. The number of rotatable bonds is 8. The van der Waals surface area contributed by atoms with Crippen LogP contribution >= 0.6 is 0 Å². The highest BCUT2D eigenvalue weighted by molar-refractivity contribution is 5.76. The third-order valence-corrected chi connectivity index (χ3v) is 2.59. The molecule has 7 nitrogen and oxygen atoms in total. The van der Waals surface area contributed by atoms with Gasteiger partial charge in [-0.05, 0) is 12.0 Å². The summed E-state index contributed by atoms with van der Waals surface area (Å²) < 4.78 is 14.4. The first-order valence-corrected chi connectivity index (χ1v) is 7.12. The third-order valence-electron chi connectivity index (χ3n) is 2.59. The van der Waals surface area contributed by atoms with Crippen LogP contribution in [0.2, 0.25) is 0 Å². The molecule has 23 heavy (non-hydrogen) atoms. The van der Waals surface area contributed by atoms with Crippen LogP contribution < -0.4 is 0 Å². The van der Waals surface area contributed by atoms with Crippen LogP contribution in [-0.2, 0) is 25.6 Å². The summed E-state index contributed by atoms with van der Waals surface area (Å²) in [5.41, 5.74) is 0.861. The second-order valence-electron chi connectivity index (χ2n) is 4.63. The topological polar surface area (TPSA) is 85.3 Å². The van der Waals surface area contributed by atoms with E-state index in [0.717, 1.165) is 30.1 Å². The minimum Gasteiger partial charge on any atom is -0.480 e. The van der Waals surface area contributed by atoms with Gasteiger partial charge in [-0.3, -0.25) is 4.79 Å². The molecule has 0 aliphatic carbocycles. The average molecular weight is 327 g/mol. The molecule has 130 valence electrons. The fourth-order valence-corrected chi connectivity index (χ4v) is 1.44. The molecule has 1 rings (SSSR count). The van der Waals surface area contributed by atoms with Crippen LogP contribution in [0.25, 0.3) is 0 Å². The first kappa shape index (κ1) is 20.9. The zero-order valence-corrected chi connectivity index (χ0v) is 13.9. The quantitative estimate of drug-likeness (QED) is 0.735. The summed E-state index contributed by atoms with van der Waals surface area (Å²) in [4.78, 5) is 22.6. The second-order valence-corrected chi connectivity index (χ2v) is 4.63. The third kappa shape index (κ3) is 12.1. The number of nitrogens with zero attached hydrogens (tertiary/aromatic N) is 1. The monoisotopic (exact) mass is 327 g/mol. The van der Waals surface area contributed by atoms with Crippen molar-refractivity contribution in [2.24, 2.45) is 0 Å². The van der Waals surface area contributed by atoms with Gasteiger partial charge in [-0.15, -0.1) is 0 Å². The number of carbonyl (C=O) groups is 2. The van der Waals surface area contributed by atoms with E-state index in [-0.39, 0.29) is 13.2 Å². The smallest absolute Gasteiger partial charge is 0.410 e. The number of methoxy groups -OCH3 is 2. The highest BCUT2D eigenvalue weighted by atomic mass is 16.6. The maximum atomic E-state index is 11.3. The number of benzene rings is 1. The molecule has 0 heterocycles. The van der Waals surface area contributed by atoms with Crippen molar-refractivity contribution in [2.75, 3.05) is 41.0 Å². The summed E-state index contributed by atoms with van der Waals surface area (Å²) in [5.74, 6) is -1.07. The lowest BCUT2D eigenvalue weighted by Crippen LogP contribution is -2.32. The lowest BCUT2D eigenvalue weighted by Gasteiger charge is -2.14. The lowest BCUT2D eigenvalue weighted by molar-refractivity contribution is -0.137. The molecule has 0 bridgehead atoms. The van der Waals surface area contributed by atoms with E-state index < -0.39 is 12.1 Å². The molecular formula is C16H25NO6. The molecular weight excluding hydrogens is 302 g/mol. The van der Waals surface area contributed by atoms with Gasteiger partial charge in [-0.2, -0.15) is 0 Å². The van der Waals surface area contributed by atoms with E-state index in [1.54, 1.807) is 14.2 Å². The second kappa shape index (κ2) is 13.5. The summed E-state index contributed by atoms with van der Waals surface area (Å²) in [6, 6.07) is 9.19. The minimum atomic E-state index is -1.07. The maximum absolute atomic E-state index is 11.3. The Morgan fingerprint density at radius 3 is 2.13 bits per heavy atom. The largest absolute Gasteiger partial charge is 0.480 e. The maximum Gasteiger partial charge on any atom is 0.410 e. The van der Waals surface area contributed by atoms with Crippen LogP contribution in [0.3, 0.4) is 0 Å². The van der Waals surface area contributed by atoms with Crippen molar-refractivity contribution in [3.8, 4) is 0 Å². The average Bonchev–Trinajstić information content (AvgIpc) is 2.54. The Labute approximate surface area is 136 Å². The molecule has 0 aliphatic heterocycles. The van der Waals surface area contributed by atoms with Crippen molar-refractivity contribution >= 4 is 12.1 Å². The number of amides is 1. The fourth-order valence-electron chi connectivity index (χ4n) is 1.44. The van der Waals surface area contributed by atoms with Gasteiger partial charge in [0.15, 0.2) is 0 Å². The minimum absolute atomic E-state index is 0.142. The van der Waals surface area contributed by atoms with Crippen LogP contribution in [0.1, 0.15) is 12.0 Å². The number of carbonyl (C=O) groups excluding carboxylic acids is 1. The highest BCUT2D eigenvalue weighted by Crippen LogP contribution is 2.02. The summed E-state index contributed by atoms with van der Waals surface area (Å²) in [6.45, 7) is 1.37. The molecule has 0 aliphatic rings. The first-order chi connectivity index (χ1) is 11.0. The number of carboxylic acids is 1. The Balaban J connectivity index is 0.000000585. The van der Waals surface area contributed by atoms with Gasteiger partial charge in [0.25, 0.3) is 0 Å². The predicted octanol–water partition coefficient (Wildman–Crippen LogP) is 2.01. The Hall–Kier alpha value is -2.12. The SMILES string of the molecule is CN(CC(=O)O)C(=O)OCc1ccccc1.COCCCOC. The van der Waals surface area contributed by atoms with E-state index in [1.165, 1.54) is 7.05 Å². The van der Waals surface area contributed by atoms with E-state index in [2.05, 4.69) is 0 Å². The Bertz CT molecular complexity index is 433. The van der Waals surface area contributed by atoms with Crippen LogP contribution in [0, 0.1) is 0 Å². The van der Waals surface area contributed by atoms with Crippen molar-refractivity contribution in [3.63, 3.8) is 0 Å². The van der Waals surface area contributed by atoms with Gasteiger partial charge in [0.2, 0.25) is 0 Å². The summed E-state index contributed by atoms with van der Waals surface area (Å²) in [7, 11) is 4.76. The molecule has 7 heteroatoms. The van der Waals surface area contributed by atoms with Crippen molar-refractivity contribution < 1.29 is 28.9 Å². The van der Waals surface area contributed by atoms with Crippen LogP contribution in [0.4, 0.5) is 4.79 Å². The Morgan fingerprint density at radius 2 is 1.65 bits per heavy atom. The molecule has 1 aromatic rings. The number of aliphatic carboxylic acids is 1. The number of hydrogen-bond acceptors (Lipinski definition) is 5. The Kier molecular flexibility index (Phi) is 12.3. The normalized spacial score (nSPS) is 9.52. The van der Waals surface area contributed by atoms with Crippen LogP contribution in [0.5, 0.6) is 0 Å². The Morgan fingerprint density at radius 1 is 1.09 bits per heavy atom. The summed E-state index contributed by atoms with van der Waals surface area (Å²) in [5, 5.41) is 8.47. The summed E-state index contributed by atoms with van der Waals surface area (Å²) in [6.07, 6.45) is 0.346. The summed E-state index contributed by atoms with van der Waals surface area (Å²) >= 11 is 0. The van der Waals surface area contributed by atoms with E-state index in [1.807, 2.05) is 30.3 Å². The van der Waals surface area contributed by atoms with Gasteiger partial charge in [-0.1, -0.05) is 30.3 Å². The van der Waals surface area contributed by atoms with E-state index in [9.17, 15) is 9.59 Å². The molecule has 0 saturated carbocycles. The molecule has 1 N–H and O–H groups in total. The van der Waals surface area contributed by atoms with E-state index >= 15 is 0 Å². The number of carboxylic acid groups (broad SMARTS) is 1. The molecule has 0 radical (unpaired) electrons. The first-order valence-electron chi connectivity index (χ1n) is 7.12. The van der Waals surface area contributed by atoms with E-state index in [0.29, 0.717) is 0 Å². The molecule has 0 saturated heterocycles. The predicted molar refractivity (Wildman–Crippen MR) is 85.3 cm³/mol. The van der Waals surface area contributed by atoms with E-state index in [4.69, 9.17) is 19.3 Å². The fraction of sp³-hybridized carbons (Fsp3) is 0.500. The van der Waals surface area contributed by atoms with Gasteiger partial charge in [0.05, 0.1) is 0 Å². The van der Waals surface area contributed by atoms with Crippen molar-refractivity contribution in [1.82, 2.24) is 4.90 Å². The van der Waals surface area contributed by atoms with Crippen molar-refractivity contribution in [3.05, 3.63) is 35.9 Å². The molecule has 1 amide bonds. The van der Waals surface area contributed by atoms with Crippen molar-refractivity contribution in [1.29, 1.82) is 0 Å². The molecule has 0 fully saturated rings. The highest BCUT2D eigenvalue weighted by Gasteiger charge is 2.12. The van der Waals surface area contributed by atoms with Gasteiger partial charge < -0.3 is 24.2 Å². The van der Waals surface area contributed by atoms with Crippen LogP contribution in [0.15, 0.2) is 30.3 Å². The van der Waals surface area contributed by atoms with Crippen molar-refractivity contribution in [2.45, 2.75) is 13.0 Å². The number of likely N-dealkylation sites (N-methyl/N-ethyl adjacent to an activating group) is 1. The zero-order chi connectivity index (χ0) is 17.5. The lowest BCUT2D eigenvalue weighted by atomic mass is 10.2. The van der Waals surface area contributed by atoms with Gasteiger partial charge in [0, 0.05) is 34.5 Å². The molecule has 0 spiro atoms. The standard InChI is InChI=1S/C11H13NO4.C5H12O2/c1-12(7-10(13)14)11(15)16-8-9-5-3-2-4-6-9;1-6-4-3-5-7-2/h2-6H,7-8H2,1H3,(H,13,14);3-5H2,1-2H3. The van der Waals surface area contributed by atoms with Gasteiger partial charge in [-0.25, -0.2) is 4.79 Å². The van der Waals surface area contributed by atoms with Crippen LogP contribution in [-0.4, -0.2) is 63.1 Å². The molecule has 0 atom stereocenters. The molecule has 1 aromatic carbocycles. The molecule has 0 aromatic heterocycles. The number of hydrogen-bond donors (Lipinski definition) is 1. The molecule has 0 unspecified atom stereocenters. The van der Waals surface area contributed by atoms with Gasteiger partial charge in [0.1, 0.15) is 13.2 Å². The zero-order valence-electron chi connectivity index (χ0n) is 13.9. The van der Waals surface area contributed by atoms with Gasteiger partial charge >= 0.3 is 12.1 Å².